The third-order valence-electron chi connectivity index (χ3n) is 3.97. The molecule has 0 aliphatic heterocycles. The van der Waals surface area contributed by atoms with Crippen LogP contribution in [-0.4, -0.2) is 17.1 Å². The molecular formula is C19H17N3OS2. The van der Waals surface area contributed by atoms with Gasteiger partial charge in [-0.2, -0.15) is 0 Å². The zero-order valence-corrected chi connectivity index (χ0v) is 15.8. The molecule has 4 nitrogen and oxygen atoms in total. The lowest BCUT2D eigenvalue weighted by atomic mass is 10.0. The first-order valence-electron chi connectivity index (χ1n) is 7.87. The van der Waals surface area contributed by atoms with Crippen LogP contribution < -0.4 is 10.1 Å². The lowest BCUT2D eigenvalue weighted by Crippen LogP contribution is -1.89. The van der Waals surface area contributed by atoms with Crippen molar-refractivity contribution < 1.29 is 4.74 Å². The highest BCUT2D eigenvalue weighted by atomic mass is 32.1. The number of anilines is 2. The molecule has 0 amide bonds. The van der Waals surface area contributed by atoms with Crippen molar-refractivity contribution in [1.29, 1.82) is 0 Å². The second-order valence-electron chi connectivity index (χ2n) is 5.83. The van der Waals surface area contributed by atoms with Gasteiger partial charge in [0.05, 0.1) is 23.0 Å². The van der Waals surface area contributed by atoms with E-state index in [1.54, 1.807) is 29.8 Å². The fourth-order valence-electron chi connectivity index (χ4n) is 2.73. The summed E-state index contributed by atoms with van der Waals surface area (Å²) in [6.07, 6.45) is 0. The molecule has 0 aliphatic rings. The molecule has 25 heavy (non-hydrogen) atoms. The summed E-state index contributed by atoms with van der Waals surface area (Å²) in [5, 5.41) is 7.09. The average Bonchev–Trinajstić information content (AvgIpc) is 3.20. The second-order valence-corrected chi connectivity index (χ2v) is 7.72. The molecule has 0 unspecified atom stereocenters. The highest BCUT2D eigenvalue weighted by Crippen LogP contribution is 2.33. The molecule has 0 radical (unpaired) electrons. The van der Waals surface area contributed by atoms with Crippen LogP contribution >= 0.6 is 22.7 Å². The Hall–Kier alpha value is -2.44. The maximum Gasteiger partial charge on any atom is 0.190 e. The van der Waals surface area contributed by atoms with Gasteiger partial charge < -0.3 is 10.1 Å². The smallest absolute Gasteiger partial charge is 0.190 e. The number of hydrogen-bond acceptors (Lipinski definition) is 6. The zero-order valence-electron chi connectivity index (χ0n) is 14.2. The number of methoxy groups -OCH3 is 1. The topological polar surface area (TPSA) is 47.0 Å². The summed E-state index contributed by atoms with van der Waals surface area (Å²) in [6, 6.07) is 12.4. The van der Waals surface area contributed by atoms with Crippen molar-refractivity contribution in [3.8, 4) is 17.0 Å². The Morgan fingerprint density at radius 3 is 2.68 bits per heavy atom. The van der Waals surface area contributed by atoms with Gasteiger partial charge in [0, 0.05) is 17.0 Å². The number of fused-ring (bicyclic) bond motifs is 1. The lowest BCUT2D eigenvalue weighted by molar-refractivity contribution is 0.415. The van der Waals surface area contributed by atoms with E-state index in [9.17, 15) is 0 Å². The number of aryl methyl sites for hydroxylation is 2. The summed E-state index contributed by atoms with van der Waals surface area (Å²) >= 11 is 3.20. The number of nitrogens with one attached hydrogen (secondary N) is 1. The minimum absolute atomic E-state index is 0.815. The molecule has 1 N–H and O–H groups in total. The van der Waals surface area contributed by atoms with Gasteiger partial charge in [0.2, 0.25) is 0 Å². The fourth-order valence-corrected chi connectivity index (χ4v) is 4.35. The summed E-state index contributed by atoms with van der Waals surface area (Å²) in [6.45, 7) is 4.22. The standard InChI is InChI=1S/C19H17N3OS2/c1-11-4-6-14(12(2)8-11)16-10-24-18(21-16)22-19-20-15-9-13(23-3)5-7-17(15)25-19/h4-10H,1-3H3,(H,20,21,22). The number of aromatic nitrogens is 2. The first kappa shape index (κ1) is 16.1. The second kappa shape index (κ2) is 6.46. The van der Waals surface area contributed by atoms with Crippen LogP contribution in [0.15, 0.2) is 41.8 Å². The molecule has 126 valence electrons. The molecule has 2 heterocycles. The van der Waals surface area contributed by atoms with Crippen molar-refractivity contribution in [2.45, 2.75) is 13.8 Å². The van der Waals surface area contributed by atoms with E-state index in [1.165, 1.54) is 16.7 Å². The molecule has 2 aromatic heterocycles. The Kier molecular flexibility index (Phi) is 4.15. The first-order chi connectivity index (χ1) is 12.1. The predicted octanol–water partition coefficient (Wildman–Crippen LogP) is 5.79. The molecule has 0 spiro atoms. The summed E-state index contributed by atoms with van der Waals surface area (Å²) in [5.74, 6) is 0.815. The van der Waals surface area contributed by atoms with Crippen LogP contribution in [0.25, 0.3) is 21.5 Å². The summed E-state index contributed by atoms with van der Waals surface area (Å²) in [5.41, 5.74) is 5.60. The van der Waals surface area contributed by atoms with Gasteiger partial charge in [0.1, 0.15) is 5.75 Å². The van der Waals surface area contributed by atoms with Crippen LogP contribution in [-0.2, 0) is 0 Å². The van der Waals surface area contributed by atoms with E-state index >= 15 is 0 Å². The number of ether oxygens (including phenoxy) is 1. The highest BCUT2D eigenvalue weighted by Gasteiger charge is 2.10. The van der Waals surface area contributed by atoms with Gasteiger partial charge >= 0.3 is 0 Å². The van der Waals surface area contributed by atoms with Gasteiger partial charge in [-0.3, -0.25) is 0 Å². The van der Waals surface area contributed by atoms with Crippen molar-refractivity contribution in [2.24, 2.45) is 0 Å². The van der Waals surface area contributed by atoms with Crippen LogP contribution in [0.4, 0.5) is 10.3 Å². The van der Waals surface area contributed by atoms with Crippen molar-refractivity contribution >= 4 is 43.2 Å². The fraction of sp³-hybridized carbons (Fsp3) is 0.158. The Balaban J connectivity index is 1.60. The van der Waals surface area contributed by atoms with Crippen molar-refractivity contribution in [3.63, 3.8) is 0 Å². The van der Waals surface area contributed by atoms with Crippen molar-refractivity contribution in [1.82, 2.24) is 9.97 Å². The summed E-state index contributed by atoms with van der Waals surface area (Å²) in [7, 11) is 1.66. The lowest BCUT2D eigenvalue weighted by Gasteiger charge is -2.03. The molecule has 0 saturated carbocycles. The Labute approximate surface area is 154 Å². The third-order valence-corrected chi connectivity index (χ3v) is 5.68. The molecule has 6 heteroatoms. The van der Waals surface area contributed by atoms with E-state index in [4.69, 9.17) is 9.72 Å². The van der Waals surface area contributed by atoms with Gasteiger partial charge in [-0.15, -0.1) is 11.3 Å². The van der Waals surface area contributed by atoms with E-state index in [0.29, 0.717) is 0 Å². The summed E-state index contributed by atoms with van der Waals surface area (Å²) in [4.78, 5) is 9.34. The minimum atomic E-state index is 0.815. The maximum absolute atomic E-state index is 5.26. The highest BCUT2D eigenvalue weighted by molar-refractivity contribution is 7.22. The third kappa shape index (κ3) is 3.23. The quantitative estimate of drug-likeness (QED) is 0.496. The molecule has 0 saturated heterocycles. The Bertz CT molecular complexity index is 1050. The van der Waals surface area contributed by atoms with Crippen LogP contribution in [0.3, 0.4) is 0 Å². The number of thiazole rings is 2. The van der Waals surface area contributed by atoms with Crippen molar-refractivity contribution in [2.75, 3.05) is 12.4 Å². The van der Waals surface area contributed by atoms with Crippen molar-refractivity contribution in [3.05, 3.63) is 52.9 Å². The largest absolute Gasteiger partial charge is 0.497 e. The number of nitrogens with zero attached hydrogens (tertiary/aromatic N) is 2. The van der Waals surface area contributed by atoms with Gasteiger partial charge in [0.25, 0.3) is 0 Å². The Morgan fingerprint density at radius 2 is 1.88 bits per heavy atom. The van der Waals surface area contributed by atoms with Gasteiger partial charge in [0.15, 0.2) is 10.3 Å². The van der Waals surface area contributed by atoms with E-state index < -0.39 is 0 Å². The van der Waals surface area contributed by atoms with E-state index in [1.807, 2.05) is 18.2 Å². The molecular weight excluding hydrogens is 350 g/mol. The number of hydrogen-bond donors (Lipinski definition) is 1. The van der Waals surface area contributed by atoms with E-state index in [-0.39, 0.29) is 0 Å². The van der Waals surface area contributed by atoms with Gasteiger partial charge in [-0.05, 0) is 31.5 Å². The van der Waals surface area contributed by atoms with Crippen LogP contribution in [0.1, 0.15) is 11.1 Å². The molecule has 0 atom stereocenters. The normalized spacial score (nSPS) is 11.0. The molecule has 4 rings (SSSR count). The van der Waals surface area contributed by atoms with E-state index in [2.05, 4.69) is 47.7 Å². The molecule has 4 aromatic rings. The first-order valence-corrected chi connectivity index (χ1v) is 9.57. The minimum Gasteiger partial charge on any atom is -0.497 e. The summed E-state index contributed by atoms with van der Waals surface area (Å²) < 4.78 is 6.38. The van der Waals surface area contributed by atoms with E-state index in [0.717, 1.165) is 31.9 Å². The monoisotopic (exact) mass is 367 g/mol. The van der Waals surface area contributed by atoms with Crippen LogP contribution in [0.5, 0.6) is 5.75 Å². The van der Waals surface area contributed by atoms with Crippen LogP contribution in [0.2, 0.25) is 0 Å². The average molecular weight is 367 g/mol. The SMILES string of the molecule is COc1ccc2sc(Nc3nc(-c4ccc(C)cc4C)cs3)nc2c1. The number of rotatable bonds is 4. The Morgan fingerprint density at radius 1 is 1.00 bits per heavy atom. The number of benzene rings is 2. The predicted molar refractivity (Wildman–Crippen MR) is 106 cm³/mol. The maximum atomic E-state index is 5.26. The van der Waals surface area contributed by atoms with Crippen LogP contribution in [0, 0.1) is 13.8 Å². The molecule has 2 aromatic carbocycles. The molecule has 0 bridgehead atoms. The molecule has 0 aliphatic carbocycles. The zero-order chi connectivity index (χ0) is 17.4. The molecule has 0 fully saturated rings. The van der Waals surface area contributed by atoms with Gasteiger partial charge in [-0.1, -0.05) is 35.1 Å². The van der Waals surface area contributed by atoms with Gasteiger partial charge in [-0.25, -0.2) is 9.97 Å².